The van der Waals surface area contributed by atoms with Gasteiger partial charge < -0.3 is 15.5 Å². The largest absolute Gasteiger partial charge is 0.476 e. The van der Waals surface area contributed by atoms with Crippen LogP contribution in [0.25, 0.3) is 22.3 Å². The molecule has 0 saturated carbocycles. The van der Waals surface area contributed by atoms with Gasteiger partial charge >= 0.3 is 5.97 Å². The number of carboxylic acid groups (broad SMARTS) is 1. The molecule has 7 nitrogen and oxygen atoms in total. The molecule has 1 fully saturated rings. The third-order valence-electron chi connectivity index (χ3n) is 4.91. The highest BCUT2D eigenvalue weighted by Crippen LogP contribution is 2.26. The van der Waals surface area contributed by atoms with Gasteiger partial charge in [0.25, 0.3) is 0 Å². The molecule has 1 aromatic heterocycles. The number of hydrogen-bond donors (Lipinski definition) is 3. The van der Waals surface area contributed by atoms with Crippen LogP contribution in [-0.4, -0.2) is 45.2 Å². The molecule has 29 heavy (non-hydrogen) atoms. The van der Waals surface area contributed by atoms with Gasteiger partial charge in [-0.25, -0.2) is 14.8 Å². The SMILES string of the molecule is O=C(O)c1nc(-c2cccc(C#C[C@@]3(CO)CCNC3=O)c2)nc2ccccc12. The molecule has 2 aromatic carbocycles. The summed E-state index contributed by atoms with van der Waals surface area (Å²) >= 11 is 0. The van der Waals surface area contributed by atoms with E-state index >= 15 is 0 Å². The van der Waals surface area contributed by atoms with Crippen LogP contribution in [0.1, 0.15) is 22.5 Å². The number of nitrogens with zero attached hydrogens (tertiary/aromatic N) is 2. The van der Waals surface area contributed by atoms with Crippen molar-refractivity contribution in [2.45, 2.75) is 6.42 Å². The summed E-state index contributed by atoms with van der Waals surface area (Å²) < 4.78 is 0. The number of nitrogens with one attached hydrogen (secondary N) is 1. The Bertz CT molecular complexity index is 1200. The number of aromatic carboxylic acids is 1. The topological polar surface area (TPSA) is 112 Å². The van der Waals surface area contributed by atoms with E-state index in [1.165, 1.54) is 0 Å². The molecule has 0 radical (unpaired) electrons. The minimum absolute atomic E-state index is 0.0658. The Morgan fingerprint density at radius 2 is 2.00 bits per heavy atom. The molecule has 0 spiro atoms. The van der Waals surface area contributed by atoms with E-state index in [0.717, 1.165) is 0 Å². The molecule has 1 aliphatic heterocycles. The highest BCUT2D eigenvalue weighted by Gasteiger charge is 2.40. The summed E-state index contributed by atoms with van der Waals surface area (Å²) in [6.07, 6.45) is 0.449. The molecule has 0 aliphatic carbocycles. The summed E-state index contributed by atoms with van der Waals surface area (Å²) in [6.45, 7) is 0.137. The van der Waals surface area contributed by atoms with E-state index in [9.17, 15) is 19.8 Å². The number of aliphatic hydroxyl groups excluding tert-OH is 1. The third kappa shape index (κ3) is 3.42. The predicted molar refractivity (Wildman–Crippen MR) is 106 cm³/mol. The lowest BCUT2D eigenvalue weighted by molar-refractivity contribution is -0.126. The molecule has 1 aliphatic rings. The molecular weight excluding hydrogens is 370 g/mol. The number of fused-ring (bicyclic) bond motifs is 1. The lowest BCUT2D eigenvalue weighted by Gasteiger charge is -2.15. The number of benzene rings is 2. The number of aromatic nitrogens is 2. The minimum atomic E-state index is -1.13. The van der Waals surface area contributed by atoms with Crippen LogP contribution < -0.4 is 5.32 Å². The monoisotopic (exact) mass is 387 g/mol. The Labute approximate surface area is 166 Å². The number of hydrogen-bond acceptors (Lipinski definition) is 5. The predicted octanol–water partition coefficient (Wildman–Crippen LogP) is 1.85. The van der Waals surface area contributed by atoms with Gasteiger partial charge in [0.15, 0.2) is 11.5 Å². The van der Waals surface area contributed by atoms with Crippen molar-refractivity contribution in [1.82, 2.24) is 15.3 Å². The fraction of sp³-hybridized carbons (Fsp3) is 0.182. The van der Waals surface area contributed by atoms with Crippen LogP contribution in [0.2, 0.25) is 0 Å². The molecule has 0 bridgehead atoms. The Hall–Kier alpha value is -3.76. The van der Waals surface area contributed by atoms with Crippen LogP contribution >= 0.6 is 0 Å². The van der Waals surface area contributed by atoms with E-state index in [0.29, 0.717) is 35.0 Å². The van der Waals surface area contributed by atoms with Gasteiger partial charge in [-0.2, -0.15) is 0 Å². The molecule has 1 amide bonds. The van der Waals surface area contributed by atoms with Crippen molar-refractivity contribution in [2.75, 3.05) is 13.2 Å². The lowest BCUT2D eigenvalue weighted by Crippen LogP contribution is -2.33. The van der Waals surface area contributed by atoms with Gasteiger partial charge in [-0.1, -0.05) is 42.2 Å². The molecule has 3 N–H and O–H groups in total. The van der Waals surface area contributed by atoms with Crippen molar-refractivity contribution in [1.29, 1.82) is 0 Å². The van der Waals surface area contributed by atoms with E-state index < -0.39 is 11.4 Å². The van der Waals surface area contributed by atoms with Crippen LogP contribution in [0.4, 0.5) is 0 Å². The number of para-hydroxylation sites is 1. The highest BCUT2D eigenvalue weighted by atomic mass is 16.4. The first-order valence-corrected chi connectivity index (χ1v) is 9.05. The summed E-state index contributed by atoms with van der Waals surface area (Å²) in [5.41, 5.74) is 0.603. The van der Waals surface area contributed by atoms with Gasteiger partial charge in [0.05, 0.1) is 12.1 Å². The highest BCUT2D eigenvalue weighted by molar-refractivity contribution is 6.01. The molecule has 1 atom stereocenters. The van der Waals surface area contributed by atoms with E-state index in [2.05, 4.69) is 27.1 Å². The molecule has 4 rings (SSSR count). The standard InChI is InChI=1S/C22H17N3O4/c26-13-22(10-11-23-21(22)29)9-8-14-4-3-5-15(12-14)19-24-17-7-2-1-6-16(17)18(25-19)20(27)28/h1-7,12,26H,10-11,13H2,(H,23,29)(H,27,28)/t22-/m0/s1. The second-order valence-corrected chi connectivity index (χ2v) is 6.80. The molecule has 1 saturated heterocycles. The van der Waals surface area contributed by atoms with E-state index in [1.54, 1.807) is 48.5 Å². The van der Waals surface area contributed by atoms with Crippen molar-refractivity contribution in [3.05, 3.63) is 59.8 Å². The van der Waals surface area contributed by atoms with Crippen LogP contribution in [0.3, 0.4) is 0 Å². The van der Waals surface area contributed by atoms with Gasteiger partial charge in [-0.15, -0.1) is 0 Å². The van der Waals surface area contributed by atoms with Crippen molar-refractivity contribution in [3.8, 4) is 23.2 Å². The number of carbonyl (C=O) groups is 2. The van der Waals surface area contributed by atoms with Crippen LogP contribution in [0, 0.1) is 17.3 Å². The molecule has 2 heterocycles. The molecule has 3 aromatic rings. The van der Waals surface area contributed by atoms with Crippen LogP contribution in [0.5, 0.6) is 0 Å². The fourth-order valence-corrected chi connectivity index (χ4v) is 3.28. The second-order valence-electron chi connectivity index (χ2n) is 6.80. The Morgan fingerprint density at radius 3 is 2.72 bits per heavy atom. The number of rotatable bonds is 3. The van der Waals surface area contributed by atoms with Crippen LogP contribution in [0.15, 0.2) is 48.5 Å². The first kappa shape index (κ1) is 18.6. The third-order valence-corrected chi connectivity index (χ3v) is 4.91. The fourth-order valence-electron chi connectivity index (χ4n) is 3.28. The summed E-state index contributed by atoms with van der Waals surface area (Å²) in [7, 11) is 0. The van der Waals surface area contributed by atoms with Crippen molar-refractivity contribution >= 4 is 22.8 Å². The van der Waals surface area contributed by atoms with E-state index in [-0.39, 0.29) is 24.0 Å². The van der Waals surface area contributed by atoms with Crippen LogP contribution in [-0.2, 0) is 4.79 Å². The quantitative estimate of drug-likeness (QED) is 0.591. The smallest absolute Gasteiger partial charge is 0.355 e. The number of amides is 1. The summed E-state index contributed by atoms with van der Waals surface area (Å²) in [4.78, 5) is 32.4. The molecular formula is C22H17N3O4. The molecule has 0 unspecified atom stereocenters. The van der Waals surface area contributed by atoms with Gasteiger partial charge in [0, 0.05) is 23.1 Å². The summed E-state index contributed by atoms with van der Waals surface area (Å²) in [6, 6.07) is 14.0. The Morgan fingerprint density at radius 1 is 1.17 bits per heavy atom. The number of aliphatic hydroxyl groups is 1. The first-order chi connectivity index (χ1) is 14.0. The summed E-state index contributed by atoms with van der Waals surface area (Å²) in [5.74, 6) is 4.73. The Kier molecular flexibility index (Phi) is 4.71. The van der Waals surface area contributed by atoms with Gasteiger partial charge in [0.1, 0.15) is 5.41 Å². The maximum Gasteiger partial charge on any atom is 0.355 e. The van der Waals surface area contributed by atoms with Gasteiger partial charge in [0.2, 0.25) is 5.91 Å². The zero-order chi connectivity index (χ0) is 20.4. The zero-order valence-electron chi connectivity index (χ0n) is 15.3. The second kappa shape index (κ2) is 7.34. The maximum absolute atomic E-state index is 12.0. The maximum atomic E-state index is 12.0. The van der Waals surface area contributed by atoms with Crippen molar-refractivity contribution in [3.63, 3.8) is 0 Å². The van der Waals surface area contributed by atoms with E-state index in [4.69, 9.17) is 0 Å². The average molecular weight is 387 g/mol. The molecule has 144 valence electrons. The van der Waals surface area contributed by atoms with Gasteiger partial charge in [-0.3, -0.25) is 4.79 Å². The minimum Gasteiger partial charge on any atom is -0.476 e. The van der Waals surface area contributed by atoms with Gasteiger partial charge in [-0.05, 0) is 24.6 Å². The average Bonchev–Trinajstić information content (AvgIpc) is 3.12. The zero-order valence-corrected chi connectivity index (χ0v) is 15.3. The molecule has 7 heteroatoms. The number of carboxylic acids is 1. The Balaban J connectivity index is 1.76. The summed E-state index contributed by atoms with van der Waals surface area (Å²) in [5, 5.41) is 22.3. The lowest BCUT2D eigenvalue weighted by atomic mass is 9.88. The normalized spacial score (nSPS) is 18.2. The van der Waals surface area contributed by atoms with Crippen molar-refractivity contribution < 1.29 is 19.8 Å². The first-order valence-electron chi connectivity index (χ1n) is 9.05. The van der Waals surface area contributed by atoms with Crippen molar-refractivity contribution in [2.24, 2.45) is 5.41 Å². The van der Waals surface area contributed by atoms with E-state index in [1.807, 2.05) is 0 Å². The number of carbonyl (C=O) groups excluding carboxylic acids is 1.